The molecule has 0 amide bonds. The minimum Gasteiger partial charge on any atom is -0.389 e. The maximum atomic E-state index is 5.79. The first-order chi connectivity index (χ1) is 8.18. The van der Waals surface area contributed by atoms with E-state index in [0.717, 1.165) is 11.3 Å². The van der Waals surface area contributed by atoms with Crippen molar-refractivity contribution in [2.45, 2.75) is 40.7 Å². The van der Waals surface area contributed by atoms with Crippen molar-refractivity contribution in [2.75, 3.05) is 5.32 Å². The van der Waals surface area contributed by atoms with E-state index >= 15 is 0 Å². The Morgan fingerprint density at radius 1 is 1.22 bits per heavy atom. The van der Waals surface area contributed by atoms with Crippen LogP contribution in [0.25, 0.3) is 0 Å². The molecule has 1 aromatic rings. The molecule has 0 aliphatic heterocycles. The molecule has 0 saturated heterocycles. The van der Waals surface area contributed by atoms with Crippen LogP contribution in [0.5, 0.6) is 0 Å². The number of benzene rings is 1. The van der Waals surface area contributed by atoms with Crippen molar-refractivity contribution in [3.05, 3.63) is 29.3 Å². The number of thiocarbonyl (C=S) groups is 1. The van der Waals surface area contributed by atoms with Crippen molar-refractivity contribution in [2.24, 2.45) is 16.6 Å². The average Bonchev–Trinajstić information content (AvgIpc) is 2.60. The molecule has 0 aromatic heterocycles. The van der Waals surface area contributed by atoms with Crippen LogP contribution < -0.4 is 11.1 Å². The fourth-order valence-corrected chi connectivity index (χ4v) is 2.88. The third-order valence-corrected chi connectivity index (χ3v) is 4.98. The Bertz CT molecular complexity index is 489. The molecule has 0 bridgehead atoms. The third kappa shape index (κ3) is 1.91. The van der Waals surface area contributed by atoms with Gasteiger partial charge in [-0.1, -0.05) is 46.0 Å². The zero-order valence-corrected chi connectivity index (χ0v) is 12.6. The van der Waals surface area contributed by atoms with Gasteiger partial charge in [0.25, 0.3) is 0 Å². The second-order valence-electron chi connectivity index (χ2n) is 6.43. The van der Waals surface area contributed by atoms with E-state index in [1.807, 2.05) is 12.1 Å². The third-order valence-electron chi connectivity index (χ3n) is 4.76. The Morgan fingerprint density at radius 2 is 1.78 bits per heavy atom. The monoisotopic (exact) mass is 262 g/mol. The van der Waals surface area contributed by atoms with Crippen LogP contribution in [0.15, 0.2) is 18.2 Å². The minimum absolute atomic E-state index is 0.296. The van der Waals surface area contributed by atoms with Crippen molar-refractivity contribution in [1.82, 2.24) is 0 Å². The normalized spacial score (nSPS) is 20.5. The van der Waals surface area contributed by atoms with Gasteiger partial charge < -0.3 is 11.1 Å². The first-order valence-electron chi connectivity index (χ1n) is 6.35. The van der Waals surface area contributed by atoms with Gasteiger partial charge >= 0.3 is 0 Å². The summed E-state index contributed by atoms with van der Waals surface area (Å²) in [6, 6.07) is 6.63. The molecule has 98 valence electrons. The Labute approximate surface area is 115 Å². The molecule has 1 saturated carbocycles. The van der Waals surface area contributed by atoms with E-state index in [1.165, 1.54) is 5.56 Å². The van der Waals surface area contributed by atoms with Crippen LogP contribution in [0.4, 0.5) is 5.69 Å². The predicted molar refractivity (Wildman–Crippen MR) is 82.0 cm³/mol. The van der Waals surface area contributed by atoms with Crippen molar-refractivity contribution < 1.29 is 0 Å². The molecule has 2 rings (SSSR count). The van der Waals surface area contributed by atoms with Gasteiger partial charge in [0.05, 0.1) is 0 Å². The molecule has 0 unspecified atom stereocenters. The topological polar surface area (TPSA) is 38.0 Å². The van der Waals surface area contributed by atoms with E-state index in [9.17, 15) is 0 Å². The smallest absolute Gasteiger partial charge is 0.106 e. The lowest BCUT2D eigenvalue weighted by Crippen LogP contribution is -2.17. The van der Waals surface area contributed by atoms with E-state index in [1.54, 1.807) is 0 Å². The van der Waals surface area contributed by atoms with Crippen molar-refractivity contribution in [3.8, 4) is 0 Å². The Balaban J connectivity index is 2.31. The molecular weight excluding hydrogens is 240 g/mol. The molecule has 0 heterocycles. The van der Waals surface area contributed by atoms with Gasteiger partial charge in [0.2, 0.25) is 0 Å². The standard InChI is InChI=1S/C15H22N2S/c1-9-6-7-10(12(16)18)11(8-9)17-13-14(2,3)15(13,4)5/h6-8,13,17H,1-5H3,(H2,16,18). The molecule has 3 N–H and O–H groups in total. The molecule has 0 radical (unpaired) electrons. The van der Waals surface area contributed by atoms with Gasteiger partial charge in [0.15, 0.2) is 0 Å². The van der Waals surface area contributed by atoms with Crippen LogP contribution in [-0.4, -0.2) is 11.0 Å². The van der Waals surface area contributed by atoms with E-state index in [4.69, 9.17) is 18.0 Å². The van der Waals surface area contributed by atoms with E-state index in [-0.39, 0.29) is 0 Å². The lowest BCUT2D eigenvalue weighted by molar-refractivity contribution is 0.457. The molecule has 1 aliphatic rings. The van der Waals surface area contributed by atoms with Gasteiger partial charge in [-0.15, -0.1) is 0 Å². The Hall–Kier alpha value is -1.09. The van der Waals surface area contributed by atoms with Gasteiger partial charge in [-0.3, -0.25) is 0 Å². The lowest BCUT2D eigenvalue weighted by atomic mass is 10.0. The summed E-state index contributed by atoms with van der Waals surface area (Å²) < 4.78 is 0. The van der Waals surface area contributed by atoms with Crippen LogP contribution >= 0.6 is 12.2 Å². The maximum Gasteiger partial charge on any atom is 0.106 e. The number of anilines is 1. The molecule has 3 heteroatoms. The SMILES string of the molecule is Cc1ccc(C(N)=S)c(NC2C(C)(C)C2(C)C)c1. The first-order valence-corrected chi connectivity index (χ1v) is 6.76. The van der Waals surface area contributed by atoms with Crippen LogP contribution in [0, 0.1) is 17.8 Å². The number of rotatable bonds is 3. The highest BCUT2D eigenvalue weighted by Crippen LogP contribution is 2.63. The summed E-state index contributed by atoms with van der Waals surface area (Å²) in [5.41, 5.74) is 9.60. The summed E-state index contributed by atoms with van der Waals surface area (Å²) in [5, 5.41) is 3.62. The van der Waals surface area contributed by atoms with Crippen LogP contribution in [0.3, 0.4) is 0 Å². The number of hydrogen-bond donors (Lipinski definition) is 2. The second kappa shape index (κ2) is 3.95. The first kappa shape index (κ1) is 13.3. The summed E-state index contributed by atoms with van der Waals surface area (Å²) in [5.74, 6) is 0. The van der Waals surface area contributed by atoms with Crippen LogP contribution in [-0.2, 0) is 0 Å². The number of aryl methyl sites for hydroxylation is 1. The zero-order valence-electron chi connectivity index (χ0n) is 11.8. The molecule has 0 spiro atoms. The fourth-order valence-electron chi connectivity index (χ4n) is 2.71. The second-order valence-corrected chi connectivity index (χ2v) is 6.87. The molecule has 1 aromatic carbocycles. The molecular formula is C15H22N2S. The average molecular weight is 262 g/mol. The summed E-state index contributed by atoms with van der Waals surface area (Å²) in [4.78, 5) is 0.453. The van der Waals surface area contributed by atoms with E-state index in [2.05, 4.69) is 46.0 Å². The predicted octanol–water partition coefficient (Wildman–Crippen LogP) is 3.48. The van der Waals surface area contributed by atoms with Crippen molar-refractivity contribution >= 4 is 22.9 Å². The van der Waals surface area contributed by atoms with Gasteiger partial charge in [0, 0.05) is 17.3 Å². The number of nitrogens with one attached hydrogen (secondary N) is 1. The molecule has 1 aliphatic carbocycles. The summed E-state index contributed by atoms with van der Waals surface area (Å²) in [7, 11) is 0. The largest absolute Gasteiger partial charge is 0.389 e. The highest BCUT2D eigenvalue weighted by Gasteiger charge is 2.65. The van der Waals surface area contributed by atoms with Gasteiger partial charge in [-0.05, 0) is 35.4 Å². The molecule has 2 nitrogen and oxygen atoms in total. The van der Waals surface area contributed by atoms with Gasteiger partial charge in [0.1, 0.15) is 4.99 Å². The van der Waals surface area contributed by atoms with Gasteiger partial charge in [-0.25, -0.2) is 0 Å². The highest BCUT2D eigenvalue weighted by molar-refractivity contribution is 7.80. The Kier molecular flexibility index (Phi) is 2.93. The summed E-state index contributed by atoms with van der Waals surface area (Å²) >= 11 is 5.12. The number of nitrogens with two attached hydrogens (primary N) is 1. The van der Waals surface area contributed by atoms with Gasteiger partial charge in [-0.2, -0.15) is 0 Å². The minimum atomic E-state index is 0.296. The molecule has 18 heavy (non-hydrogen) atoms. The van der Waals surface area contributed by atoms with Crippen molar-refractivity contribution in [3.63, 3.8) is 0 Å². The summed E-state index contributed by atoms with van der Waals surface area (Å²) in [6.07, 6.45) is 0. The van der Waals surface area contributed by atoms with E-state index in [0.29, 0.717) is 21.9 Å². The van der Waals surface area contributed by atoms with Crippen LogP contribution in [0.1, 0.15) is 38.8 Å². The lowest BCUT2D eigenvalue weighted by Gasteiger charge is -2.13. The maximum absolute atomic E-state index is 5.79. The highest BCUT2D eigenvalue weighted by atomic mass is 32.1. The zero-order chi connectivity index (χ0) is 13.7. The molecule has 1 fully saturated rings. The van der Waals surface area contributed by atoms with Crippen LogP contribution in [0.2, 0.25) is 0 Å². The fraction of sp³-hybridized carbons (Fsp3) is 0.533. The number of hydrogen-bond acceptors (Lipinski definition) is 2. The Morgan fingerprint density at radius 3 is 2.22 bits per heavy atom. The quantitative estimate of drug-likeness (QED) is 0.819. The summed E-state index contributed by atoms with van der Waals surface area (Å²) in [6.45, 7) is 11.3. The van der Waals surface area contributed by atoms with Crippen molar-refractivity contribution in [1.29, 1.82) is 0 Å². The molecule has 0 atom stereocenters. The van der Waals surface area contributed by atoms with E-state index < -0.39 is 0 Å².